The molecule has 0 aliphatic rings. The van der Waals surface area contributed by atoms with Gasteiger partial charge in [-0.15, -0.1) is 0 Å². The molecular weight excluding hydrogens is 260 g/mol. The number of hydrogen-bond donors (Lipinski definition) is 1. The Morgan fingerprint density at radius 1 is 1.14 bits per heavy atom. The van der Waals surface area contributed by atoms with E-state index in [0.29, 0.717) is 12.6 Å². The molecule has 1 aromatic carbocycles. The van der Waals surface area contributed by atoms with Gasteiger partial charge in [-0.25, -0.2) is 0 Å². The Hall–Kier alpha value is -0.900. The topological polar surface area (TPSA) is 24.5 Å². The summed E-state index contributed by atoms with van der Waals surface area (Å²) in [5, 5.41) is 3.70. The highest BCUT2D eigenvalue weighted by molar-refractivity contribution is 5.19. The minimum atomic E-state index is 0.277. The largest absolute Gasteiger partial charge is 0.383 e. The molecule has 1 aromatic rings. The number of methoxy groups -OCH3 is 1. The predicted octanol–water partition coefficient (Wildman–Crippen LogP) is 3.47. The van der Waals surface area contributed by atoms with Crippen molar-refractivity contribution >= 4 is 0 Å². The monoisotopic (exact) mass is 292 g/mol. The van der Waals surface area contributed by atoms with Crippen LogP contribution in [0, 0.1) is 0 Å². The number of hydrogen-bond acceptors (Lipinski definition) is 3. The molecule has 1 N–H and O–H groups in total. The molecule has 1 rings (SSSR count). The predicted molar refractivity (Wildman–Crippen MR) is 90.7 cm³/mol. The van der Waals surface area contributed by atoms with Crippen molar-refractivity contribution in [2.75, 3.05) is 33.4 Å². The molecule has 0 aliphatic carbocycles. The van der Waals surface area contributed by atoms with E-state index in [1.54, 1.807) is 7.11 Å². The lowest BCUT2D eigenvalue weighted by atomic mass is 10.1. The zero-order valence-electron chi connectivity index (χ0n) is 14.1. The van der Waals surface area contributed by atoms with Gasteiger partial charge < -0.3 is 15.0 Å². The van der Waals surface area contributed by atoms with Crippen LogP contribution >= 0.6 is 0 Å². The second kappa shape index (κ2) is 10.8. The van der Waals surface area contributed by atoms with Crippen LogP contribution in [-0.4, -0.2) is 44.3 Å². The molecule has 21 heavy (non-hydrogen) atoms. The van der Waals surface area contributed by atoms with Gasteiger partial charge in [0.2, 0.25) is 0 Å². The van der Waals surface area contributed by atoms with Crippen molar-refractivity contribution in [3.8, 4) is 0 Å². The summed E-state index contributed by atoms with van der Waals surface area (Å²) in [5.41, 5.74) is 1.30. The van der Waals surface area contributed by atoms with E-state index in [1.807, 2.05) is 0 Å². The number of benzene rings is 1. The SMILES string of the molecule is CCN(CC)CCCC(C)NC(COC)c1ccccc1. The van der Waals surface area contributed by atoms with E-state index in [2.05, 4.69) is 61.3 Å². The highest BCUT2D eigenvalue weighted by atomic mass is 16.5. The lowest BCUT2D eigenvalue weighted by Gasteiger charge is -2.24. The van der Waals surface area contributed by atoms with Gasteiger partial charge in [0.15, 0.2) is 0 Å². The van der Waals surface area contributed by atoms with Gasteiger partial charge in [-0.05, 0) is 45.0 Å². The van der Waals surface area contributed by atoms with Gasteiger partial charge in [0, 0.05) is 13.2 Å². The molecule has 0 aliphatic heterocycles. The lowest BCUT2D eigenvalue weighted by Crippen LogP contribution is -2.34. The molecule has 3 heteroatoms. The molecule has 0 radical (unpaired) electrons. The summed E-state index contributed by atoms with van der Waals surface area (Å²) in [6, 6.07) is 11.3. The van der Waals surface area contributed by atoms with Crippen molar-refractivity contribution in [2.24, 2.45) is 0 Å². The van der Waals surface area contributed by atoms with Gasteiger partial charge in [-0.1, -0.05) is 44.2 Å². The third-order valence-electron chi connectivity index (χ3n) is 4.03. The van der Waals surface area contributed by atoms with E-state index >= 15 is 0 Å². The Morgan fingerprint density at radius 3 is 2.38 bits per heavy atom. The number of rotatable bonds is 11. The normalized spacial score (nSPS) is 14.3. The molecule has 0 heterocycles. The minimum absolute atomic E-state index is 0.277. The van der Waals surface area contributed by atoms with E-state index in [9.17, 15) is 0 Å². The smallest absolute Gasteiger partial charge is 0.0657 e. The van der Waals surface area contributed by atoms with Crippen molar-refractivity contribution in [2.45, 2.75) is 45.7 Å². The summed E-state index contributed by atoms with van der Waals surface area (Å²) in [6.07, 6.45) is 2.44. The van der Waals surface area contributed by atoms with Crippen LogP contribution in [0.3, 0.4) is 0 Å². The van der Waals surface area contributed by atoms with E-state index in [0.717, 1.165) is 13.1 Å². The summed E-state index contributed by atoms with van der Waals surface area (Å²) in [7, 11) is 1.77. The van der Waals surface area contributed by atoms with Crippen LogP contribution in [0.2, 0.25) is 0 Å². The van der Waals surface area contributed by atoms with Crippen LogP contribution in [0.25, 0.3) is 0 Å². The van der Waals surface area contributed by atoms with Crippen LogP contribution in [0.15, 0.2) is 30.3 Å². The fraction of sp³-hybridized carbons (Fsp3) is 0.667. The minimum Gasteiger partial charge on any atom is -0.383 e. The highest BCUT2D eigenvalue weighted by Crippen LogP contribution is 2.14. The van der Waals surface area contributed by atoms with Crippen LogP contribution in [0.1, 0.15) is 45.2 Å². The molecule has 0 bridgehead atoms. The Bertz CT molecular complexity index is 351. The standard InChI is InChI=1S/C18H32N2O/c1-5-20(6-2)14-10-11-16(3)19-18(15-21-4)17-12-8-7-9-13-17/h7-9,12-13,16,18-19H,5-6,10-11,14-15H2,1-4H3. The first-order valence-corrected chi connectivity index (χ1v) is 8.23. The van der Waals surface area contributed by atoms with Gasteiger partial charge >= 0.3 is 0 Å². The van der Waals surface area contributed by atoms with Crippen LogP contribution in [0.4, 0.5) is 0 Å². The maximum atomic E-state index is 5.37. The Kier molecular flexibility index (Phi) is 9.31. The van der Waals surface area contributed by atoms with Crippen LogP contribution in [0.5, 0.6) is 0 Å². The first-order chi connectivity index (χ1) is 10.2. The average Bonchev–Trinajstić information content (AvgIpc) is 2.52. The van der Waals surface area contributed by atoms with Gasteiger partial charge in [-0.2, -0.15) is 0 Å². The van der Waals surface area contributed by atoms with Gasteiger partial charge in [-0.3, -0.25) is 0 Å². The number of ether oxygens (including phenoxy) is 1. The van der Waals surface area contributed by atoms with Crippen molar-refractivity contribution in [3.63, 3.8) is 0 Å². The van der Waals surface area contributed by atoms with Crippen molar-refractivity contribution in [1.29, 1.82) is 0 Å². The fourth-order valence-electron chi connectivity index (χ4n) is 2.68. The summed E-state index contributed by atoms with van der Waals surface area (Å²) >= 11 is 0. The molecule has 0 amide bonds. The summed E-state index contributed by atoms with van der Waals surface area (Å²) in [4.78, 5) is 2.48. The fourth-order valence-corrected chi connectivity index (χ4v) is 2.68. The second-order valence-corrected chi connectivity index (χ2v) is 5.66. The van der Waals surface area contributed by atoms with Crippen molar-refractivity contribution < 1.29 is 4.74 Å². The van der Waals surface area contributed by atoms with E-state index in [1.165, 1.54) is 24.9 Å². The third kappa shape index (κ3) is 7.07. The molecule has 0 saturated heterocycles. The molecule has 0 saturated carbocycles. The van der Waals surface area contributed by atoms with E-state index < -0.39 is 0 Å². The van der Waals surface area contributed by atoms with Crippen LogP contribution < -0.4 is 5.32 Å². The van der Waals surface area contributed by atoms with Crippen molar-refractivity contribution in [3.05, 3.63) is 35.9 Å². The zero-order valence-corrected chi connectivity index (χ0v) is 14.1. The number of nitrogens with one attached hydrogen (secondary N) is 1. The quantitative estimate of drug-likeness (QED) is 0.676. The molecule has 0 spiro atoms. The highest BCUT2D eigenvalue weighted by Gasteiger charge is 2.14. The summed E-state index contributed by atoms with van der Waals surface area (Å²) in [5.74, 6) is 0. The summed E-state index contributed by atoms with van der Waals surface area (Å²) < 4.78 is 5.37. The molecule has 3 nitrogen and oxygen atoms in total. The van der Waals surface area contributed by atoms with Crippen LogP contribution in [-0.2, 0) is 4.74 Å². The molecule has 0 aromatic heterocycles. The Morgan fingerprint density at radius 2 is 1.81 bits per heavy atom. The maximum absolute atomic E-state index is 5.37. The molecule has 0 fully saturated rings. The Balaban J connectivity index is 2.40. The van der Waals surface area contributed by atoms with Crippen molar-refractivity contribution in [1.82, 2.24) is 10.2 Å². The molecule has 2 atom stereocenters. The average molecular weight is 292 g/mol. The van der Waals surface area contributed by atoms with Gasteiger partial charge in [0.25, 0.3) is 0 Å². The zero-order chi connectivity index (χ0) is 15.5. The van der Waals surface area contributed by atoms with E-state index in [-0.39, 0.29) is 6.04 Å². The number of nitrogens with zero attached hydrogens (tertiary/aromatic N) is 1. The first kappa shape index (κ1) is 18.1. The molecular formula is C18H32N2O. The third-order valence-corrected chi connectivity index (χ3v) is 4.03. The summed E-state index contributed by atoms with van der Waals surface area (Å²) in [6.45, 7) is 10.9. The lowest BCUT2D eigenvalue weighted by molar-refractivity contribution is 0.160. The first-order valence-electron chi connectivity index (χ1n) is 8.23. The maximum Gasteiger partial charge on any atom is 0.0657 e. The molecule has 120 valence electrons. The Labute approximate surface area is 130 Å². The van der Waals surface area contributed by atoms with Gasteiger partial charge in [0.1, 0.15) is 0 Å². The molecule has 2 unspecified atom stereocenters. The van der Waals surface area contributed by atoms with E-state index in [4.69, 9.17) is 4.74 Å². The van der Waals surface area contributed by atoms with Gasteiger partial charge in [0.05, 0.1) is 12.6 Å². The second-order valence-electron chi connectivity index (χ2n) is 5.66.